The second kappa shape index (κ2) is 12.4. The van der Waals surface area contributed by atoms with E-state index in [1.54, 1.807) is 5.57 Å². The third-order valence-corrected chi connectivity index (χ3v) is 13.8. The van der Waals surface area contributed by atoms with E-state index < -0.39 is 0 Å². The van der Waals surface area contributed by atoms with Crippen LogP contribution in [0.2, 0.25) is 0 Å². The zero-order valence-electron chi connectivity index (χ0n) is 26.5. The molecule has 8 unspecified atom stereocenters. The second-order valence-corrected chi connectivity index (χ2v) is 15.9. The van der Waals surface area contributed by atoms with E-state index >= 15 is 0 Å². The molecule has 0 spiro atoms. The predicted octanol–water partition coefficient (Wildman–Crippen LogP) is 9.35. The molecule has 6 aliphatic rings. The van der Waals surface area contributed by atoms with Crippen molar-refractivity contribution >= 4 is 11.9 Å². The number of carbonyl (C=O) groups excluding carboxylic acids is 2. The molecule has 5 fully saturated rings. The average Bonchev–Trinajstić information content (AvgIpc) is 3.72. The molecule has 4 heteroatoms. The summed E-state index contributed by atoms with van der Waals surface area (Å²) in [5.41, 5.74) is 2.12. The van der Waals surface area contributed by atoms with Crippen LogP contribution in [-0.4, -0.2) is 24.1 Å². The van der Waals surface area contributed by atoms with Crippen molar-refractivity contribution in [3.63, 3.8) is 0 Å². The highest BCUT2D eigenvalue weighted by Gasteiger charge is 2.59. The number of hydrogen-bond acceptors (Lipinski definition) is 4. The van der Waals surface area contributed by atoms with E-state index in [0.717, 1.165) is 61.7 Å². The fraction of sp³-hybridized carbons (Fsp3) is 0.892. The fourth-order valence-electron chi connectivity index (χ4n) is 11.4. The van der Waals surface area contributed by atoms with Crippen LogP contribution in [0.5, 0.6) is 0 Å². The number of ether oxygens (including phenoxy) is 2. The Bertz CT molecular complexity index is 973. The molecule has 0 aliphatic heterocycles. The van der Waals surface area contributed by atoms with Gasteiger partial charge in [0.2, 0.25) is 0 Å². The normalized spacial score (nSPS) is 39.9. The van der Waals surface area contributed by atoms with Gasteiger partial charge >= 0.3 is 11.9 Å². The first-order chi connectivity index (χ1) is 19.8. The Morgan fingerprint density at radius 2 is 1.49 bits per heavy atom. The third kappa shape index (κ3) is 6.06. The maximum absolute atomic E-state index is 12.8. The first-order valence-corrected chi connectivity index (χ1v) is 17.8. The van der Waals surface area contributed by atoms with Gasteiger partial charge in [-0.2, -0.15) is 0 Å². The molecule has 41 heavy (non-hydrogen) atoms. The van der Waals surface area contributed by atoms with E-state index in [4.69, 9.17) is 9.47 Å². The van der Waals surface area contributed by atoms with Gasteiger partial charge < -0.3 is 9.47 Å². The molecule has 0 radical (unpaired) electrons. The highest BCUT2D eigenvalue weighted by molar-refractivity contribution is 5.70. The SMILES string of the molecule is CC(OC(=O)CCC1CCCC1)C1CCC2C3CC=C4CC(OC(=O)CCC5CCCC5)CCC4(C)C3CCC12C. The van der Waals surface area contributed by atoms with E-state index in [1.807, 2.05) is 0 Å². The number of esters is 2. The number of hydrogen-bond donors (Lipinski definition) is 0. The average molecular weight is 567 g/mol. The van der Waals surface area contributed by atoms with Gasteiger partial charge in [0.25, 0.3) is 0 Å². The molecule has 6 rings (SSSR count). The van der Waals surface area contributed by atoms with Gasteiger partial charge in [0.1, 0.15) is 12.2 Å². The highest BCUT2D eigenvalue weighted by atomic mass is 16.5. The molecule has 230 valence electrons. The second-order valence-electron chi connectivity index (χ2n) is 15.9. The molecule has 6 aliphatic carbocycles. The summed E-state index contributed by atoms with van der Waals surface area (Å²) in [6.07, 6.45) is 25.8. The molecule has 0 saturated heterocycles. The molecular formula is C37H58O4. The van der Waals surface area contributed by atoms with Gasteiger partial charge in [0.05, 0.1) is 0 Å². The van der Waals surface area contributed by atoms with E-state index in [-0.39, 0.29) is 35.0 Å². The largest absolute Gasteiger partial charge is 0.462 e. The zero-order chi connectivity index (χ0) is 28.6. The molecule has 4 nitrogen and oxygen atoms in total. The first kappa shape index (κ1) is 29.7. The Hall–Kier alpha value is -1.32. The lowest BCUT2D eigenvalue weighted by Crippen LogP contribution is -2.51. The van der Waals surface area contributed by atoms with E-state index in [0.29, 0.717) is 18.8 Å². The molecule has 0 bridgehead atoms. The summed E-state index contributed by atoms with van der Waals surface area (Å²) in [6.45, 7) is 7.27. The minimum Gasteiger partial charge on any atom is -0.462 e. The maximum Gasteiger partial charge on any atom is 0.306 e. The predicted molar refractivity (Wildman–Crippen MR) is 163 cm³/mol. The lowest BCUT2D eigenvalue weighted by atomic mass is 9.47. The number of fused-ring (bicyclic) bond motifs is 5. The molecule has 0 aromatic rings. The van der Waals surface area contributed by atoms with Crippen molar-refractivity contribution < 1.29 is 19.1 Å². The quantitative estimate of drug-likeness (QED) is 0.206. The summed E-state index contributed by atoms with van der Waals surface area (Å²) in [5.74, 6) is 4.27. The van der Waals surface area contributed by atoms with E-state index in [2.05, 4.69) is 26.8 Å². The van der Waals surface area contributed by atoms with Crippen LogP contribution >= 0.6 is 0 Å². The third-order valence-electron chi connectivity index (χ3n) is 13.8. The standard InChI is InChI=1S/C37H58O4/c1-25(40-34(38)18-12-26-8-4-5-9-26)31-16-17-32-30-15-14-28-24-29(41-35(39)19-13-27-10-6-7-11-27)20-22-36(28,2)33(30)21-23-37(31,32)3/h14,25-27,29-33H,4-13,15-24H2,1-3H3. The van der Waals surface area contributed by atoms with Crippen molar-refractivity contribution in [3.05, 3.63) is 11.6 Å². The van der Waals surface area contributed by atoms with Crippen molar-refractivity contribution in [3.8, 4) is 0 Å². The van der Waals surface area contributed by atoms with Crippen LogP contribution in [0.25, 0.3) is 0 Å². The Morgan fingerprint density at radius 3 is 2.17 bits per heavy atom. The van der Waals surface area contributed by atoms with Gasteiger partial charge in [-0.05, 0) is 105 Å². The summed E-state index contributed by atoms with van der Waals surface area (Å²) in [6, 6.07) is 0. The van der Waals surface area contributed by atoms with Crippen molar-refractivity contribution in [2.45, 2.75) is 161 Å². The van der Waals surface area contributed by atoms with Crippen LogP contribution in [0.15, 0.2) is 11.6 Å². The van der Waals surface area contributed by atoms with Crippen molar-refractivity contribution in [1.82, 2.24) is 0 Å². The summed E-state index contributed by atoms with van der Waals surface area (Å²) in [7, 11) is 0. The van der Waals surface area contributed by atoms with Crippen LogP contribution in [-0.2, 0) is 19.1 Å². The molecule has 0 aromatic heterocycles. The van der Waals surface area contributed by atoms with Crippen LogP contribution in [0.1, 0.15) is 149 Å². The van der Waals surface area contributed by atoms with Gasteiger partial charge in [-0.3, -0.25) is 9.59 Å². The topological polar surface area (TPSA) is 52.6 Å². The summed E-state index contributed by atoms with van der Waals surface area (Å²) < 4.78 is 12.2. The lowest BCUT2D eigenvalue weighted by molar-refractivity contribution is -0.156. The molecule has 8 atom stereocenters. The Labute approximate surface area is 250 Å². The van der Waals surface area contributed by atoms with Crippen molar-refractivity contribution in [2.75, 3.05) is 0 Å². The minimum atomic E-state index is 0.0294. The van der Waals surface area contributed by atoms with E-state index in [1.165, 1.54) is 83.5 Å². The molecule has 0 heterocycles. The van der Waals surface area contributed by atoms with Crippen LogP contribution in [0, 0.1) is 46.3 Å². The van der Waals surface area contributed by atoms with Gasteiger partial charge in [-0.25, -0.2) is 0 Å². The van der Waals surface area contributed by atoms with Crippen molar-refractivity contribution in [2.24, 2.45) is 46.3 Å². The van der Waals surface area contributed by atoms with Crippen LogP contribution in [0.3, 0.4) is 0 Å². The molecule has 0 aromatic carbocycles. The van der Waals surface area contributed by atoms with Gasteiger partial charge in [-0.15, -0.1) is 0 Å². The summed E-state index contributed by atoms with van der Waals surface area (Å²) in [4.78, 5) is 25.5. The van der Waals surface area contributed by atoms with Gasteiger partial charge in [0.15, 0.2) is 0 Å². The number of rotatable bonds is 9. The minimum absolute atomic E-state index is 0.0294. The Morgan fingerprint density at radius 1 is 0.829 bits per heavy atom. The van der Waals surface area contributed by atoms with E-state index in [9.17, 15) is 9.59 Å². The highest BCUT2D eigenvalue weighted by Crippen LogP contribution is 2.66. The maximum atomic E-state index is 12.8. The fourth-order valence-corrected chi connectivity index (χ4v) is 11.4. The van der Waals surface area contributed by atoms with Crippen LogP contribution < -0.4 is 0 Å². The molecule has 0 N–H and O–H groups in total. The summed E-state index contributed by atoms with van der Waals surface area (Å²) in [5, 5.41) is 0. The first-order valence-electron chi connectivity index (χ1n) is 17.8. The van der Waals surface area contributed by atoms with Gasteiger partial charge in [0, 0.05) is 25.2 Å². The smallest absolute Gasteiger partial charge is 0.306 e. The molecular weight excluding hydrogens is 508 g/mol. The molecule has 0 amide bonds. The Balaban J connectivity index is 1.04. The number of allylic oxidation sites excluding steroid dienone is 1. The monoisotopic (exact) mass is 566 g/mol. The Kier molecular flexibility index (Phi) is 8.96. The number of carbonyl (C=O) groups is 2. The zero-order valence-corrected chi connectivity index (χ0v) is 26.5. The van der Waals surface area contributed by atoms with Crippen molar-refractivity contribution in [1.29, 1.82) is 0 Å². The van der Waals surface area contributed by atoms with Crippen LogP contribution in [0.4, 0.5) is 0 Å². The lowest BCUT2D eigenvalue weighted by Gasteiger charge is -2.58. The summed E-state index contributed by atoms with van der Waals surface area (Å²) >= 11 is 0. The van der Waals surface area contributed by atoms with Gasteiger partial charge in [-0.1, -0.05) is 76.9 Å². The molecule has 5 saturated carbocycles.